The van der Waals surface area contributed by atoms with Gasteiger partial charge in [-0.25, -0.2) is 23.0 Å². The van der Waals surface area contributed by atoms with Crippen LogP contribution in [0.3, 0.4) is 0 Å². The summed E-state index contributed by atoms with van der Waals surface area (Å²) in [4.78, 5) is 0. The highest BCUT2D eigenvalue weighted by Crippen LogP contribution is 2.33. The minimum Gasteiger partial charge on any atom is -0.271 e. The molecule has 1 atom stereocenters. The molecule has 2 rings (SSSR count). The Bertz CT molecular complexity index is 671. The van der Waals surface area contributed by atoms with Gasteiger partial charge >= 0.3 is 0 Å². The first-order valence-electron chi connectivity index (χ1n) is 5.60. The van der Waals surface area contributed by atoms with Crippen LogP contribution in [0.2, 0.25) is 0 Å². The van der Waals surface area contributed by atoms with E-state index in [1.54, 1.807) is 0 Å². The first-order valence-corrected chi connectivity index (χ1v) is 7.19. The molecule has 2 aromatic carbocycles. The minimum atomic E-state index is -1.52. The van der Waals surface area contributed by atoms with E-state index in [0.29, 0.717) is 0 Å². The zero-order valence-electron chi connectivity index (χ0n) is 10.2. The fourth-order valence-electron chi connectivity index (χ4n) is 1.95. The molecule has 2 nitrogen and oxygen atoms in total. The highest BCUT2D eigenvalue weighted by Gasteiger charge is 2.28. The molecule has 1 unspecified atom stereocenters. The van der Waals surface area contributed by atoms with Crippen molar-refractivity contribution in [3.63, 3.8) is 0 Å². The van der Waals surface area contributed by atoms with Gasteiger partial charge in [0.25, 0.3) is 0 Å². The van der Waals surface area contributed by atoms with Crippen LogP contribution in [0.5, 0.6) is 0 Å². The van der Waals surface area contributed by atoms with Gasteiger partial charge in [-0.15, -0.1) is 0 Å². The Morgan fingerprint density at radius 3 is 2.00 bits per heavy atom. The van der Waals surface area contributed by atoms with Gasteiger partial charge in [0, 0.05) is 15.6 Å². The summed E-state index contributed by atoms with van der Waals surface area (Å²) in [5.74, 6) is 1.33. The van der Waals surface area contributed by atoms with Crippen LogP contribution in [0.15, 0.2) is 33.2 Å². The number of hydrazine groups is 1. The number of benzene rings is 2. The van der Waals surface area contributed by atoms with Crippen molar-refractivity contribution in [1.82, 2.24) is 5.43 Å². The van der Waals surface area contributed by atoms with Crippen LogP contribution in [0, 0.1) is 23.3 Å². The van der Waals surface area contributed by atoms with Gasteiger partial charge < -0.3 is 0 Å². The molecule has 0 spiro atoms. The number of hydrogen-bond donors (Lipinski definition) is 2. The average molecular weight is 428 g/mol. The second-order valence-electron chi connectivity index (χ2n) is 4.14. The summed E-state index contributed by atoms with van der Waals surface area (Å²) in [5.41, 5.74) is 0.899. The van der Waals surface area contributed by atoms with Crippen LogP contribution < -0.4 is 11.3 Å². The van der Waals surface area contributed by atoms with Crippen molar-refractivity contribution < 1.29 is 17.6 Å². The topological polar surface area (TPSA) is 38.0 Å². The summed E-state index contributed by atoms with van der Waals surface area (Å²) in [6.45, 7) is 0. The van der Waals surface area contributed by atoms with Crippen LogP contribution in [0.1, 0.15) is 17.2 Å². The molecule has 21 heavy (non-hydrogen) atoms. The fraction of sp³-hybridized carbons (Fsp3) is 0.0769. The molecule has 0 fully saturated rings. The maximum absolute atomic E-state index is 14.1. The highest BCUT2D eigenvalue weighted by atomic mass is 79.9. The summed E-state index contributed by atoms with van der Waals surface area (Å²) in [6.07, 6.45) is 0. The lowest BCUT2D eigenvalue weighted by Gasteiger charge is -2.20. The Kier molecular flexibility index (Phi) is 5.03. The van der Waals surface area contributed by atoms with Gasteiger partial charge in [0.1, 0.15) is 23.3 Å². The first kappa shape index (κ1) is 16.4. The molecule has 0 aliphatic carbocycles. The molecular weight excluding hydrogens is 420 g/mol. The highest BCUT2D eigenvalue weighted by molar-refractivity contribution is 9.10. The molecule has 8 heteroatoms. The van der Waals surface area contributed by atoms with Gasteiger partial charge in [-0.1, -0.05) is 15.9 Å². The Morgan fingerprint density at radius 1 is 0.905 bits per heavy atom. The van der Waals surface area contributed by atoms with Crippen molar-refractivity contribution in [2.75, 3.05) is 0 Å². The number of hydrogen-bond acceptors (Lipinski definition) is 2. The molecule has 0 radical (unpaired) electrons. The molecule has 0 aliphatic heterocycles. The molecule has 0 amide bonds. The zero-order chi connectivity index (χ0) is 15.7. The van der Waals surface area contributed by atoms with Crippen molar-refractivity contribution >= 4 is 31.9 Å². The smallest absolute Gasteiger partial charge is 0.145 e. The standard InChI is InChI=1S/C13H8Br2F4N2/c14-5-3-8(17)10(9(18)4-5)13(21-20)11-7(16)2-1-6(15)12(11)19/h1-4,13,21H,20H2. The zero-order valence-corrected chi connectivity index (χ0v) is 13.4. The van der Waals surface area contributed by atoms with Crippen LogP contribution in [0.4, 0.5) is 17.6 Å². The van der Waals surface area contributed by atoms with E-state index >= 15 is 0 Å². The molecule has 0 saturated carbocycles. The van der Waals surface area contributed by atoms with Gasteiger partial charge in [-0.2, -0.15) is 0 Å². The summed E-state index contributed by atoms with van der Waals surface area (Å²) < 4.78 is 56.0. The maximum Gasteiger partial charge on any atom is 0.145 e. The number of halogens is 6. The lowest BCUT2D eigenvalue weighted by Crippen LogP contribution is -2.32. The van der Waals surface area contributed by atoms with Crippen LogP contribution >= 0.6 is 31.9 Å². The molecular formula is C13H8Br2F4N2. The Morgan fingerprint density at radius 2 is 1.48 bits per heavy atom. The molecule has 0 aliphatic rings. The van der Waals surface area contributed by atoms with E-state index in [1.807, 2.05) is 5.43 Å². The van der Waals surface area contributed by atoms with E-state index in [2.05, 4.69) is 31.9 Å². The molecule has 0 bridgehead atoms. The molecule has 0 aromatic heterocycles. The van der Waals surface area contributed by atoms with Crippen molar-refractivity contribution in [2.45, 2.75) is 6.04 Å². The predicted molar refractivity (Wildman–Crippen MR) is 77.3 cm³/mol. The Labute approximate surface area is 134 Å². The summed E-state index contributed by atoms with van der Waals surface area (Å²) >= 11 is 5.82. The summed E-state index contributed by atoms with van der Waals surface area (Å²) in [5, 5.41) is 0. The van der Waals surface area contributed by atoms with E-state index in [1.165, 1.54) is 0 Å². The fourth-order valence-corrected chi connectivity index (χ4v) is 2.70. The lowest BCUT2D eigenvalue weighted by molar-refractivity contribution is 0.471. The van der Waals surface area contributed by atoms with Crippen molar-refractivity contribution in [2.24, 2.45) is 5.84 Å². The SMILES string of the molecule is NNC(c1c(F)cc(Br)cc1F)c1c(F)ccc(Br)c1F. The van der Waals surface area contributed by atoms with E-state index in [-0.39, 0.29) is 8.95 Å². The number of nitrogens with two attached hydrogens (primary N) is 1. The molecule has 0 saturated heterocycles. The first-order chi connectivity index (χ1) is 9.86. The van der Waals surface area contributed by atoms with Crippen LogP contribution in [0.25, 0.3) is 0 Å². The molecule has 3 N–H and O–H groups in total. The van der Waals surface area contributed by atoms with E-state index in [9.17, 15) is 17.6 Å². The van der Waals surface area contributed by atoms with Gasteiger partial charge in [-0.05, 0) is 40.2 Å². The summed E-state index contributed by atoms with van der Waals surface area (Å²) in [6, 6.07) is 2.57. The number of rotatable bonds is 3. The van der Waals surface area contributed by atoms with E-state index < -0.39 is 40.4 Å². The number of nitrogens with one attached hydrogen (secondary N) is 1. The van der Waals surface area contributed by atoms with Gasteiger partial charge in [0.2, 0.25) is 0 Å². The largest absolute Gasteiger partial charge is 0.271 e. The van der Waals surface area contributed by atoms with Gasteiger partial charge in [-0.3, -0.25) is 5.84 Å². The van der Waals surface area contributed by atoms with E-state index in [0.717, 1.165) is 24.3 Å². The van der Waals surface area contributed by atoms with Crippen LogP contribution in [-0.4, -0.2) is 0 Å². The molecule has 0 heterocycles. The van der Waals surface area contributed by atoms with E-state index in [4.69, 9.17) is 5.84 Å². The van der Waals surface area contributed by atoms with Crippen LogP contribution in [-0.2, 0) is 0 Å². The Hall–Kier alpha value is -0.960. The Balaban J connectivity index is 2.69. The lowest BCUT2D eigenvalue weighted by atomic mass is 9.97. The quantitative estimate of drug-likeness (QED) is 0.331. The second kappa shape index (κ2) is 6.43. The normalized spacial score (nSPS) is 12.5. The predicted octanol–water partition coefficient (Wildman–Crippen LogP) is 4.32. The molecule has 2 aromatic rings. The third kappa shape index (κ3) is 3.13. The third-order valence-corrected chi connectivity index (χ3v) is 3.94. The van der Waals surface area contributed by atoms with Crippen molar-refractivity contribution in [3.8, 4) is 0 Å². The van der Waals surface area contributed by atoms with Crippen molar-refractivity contribution in [1.29, 1.82) is 0 Å². The summed E-state index contributed by atoms with van der Waals surface area (Å²) in [7, 11) is 0. The van der Waals surface area contributed by atoms with Gasteiger partial charge in [0.05, 0.1) is 10.5 Å². The monoisotopic (exact) mass is 426 g/mol. The minimum absolute atomic E-state index is 0.0444. The molecule has 112 valence electrons. The third-order valence-electron chi connectivity index (χ3n) is 2.87. The van der Waals surface area contributed by atoms with Gasteiger partial charge in [0.15, 0.2) is 0 Å². The average Bonchev–Trinajstić information content (AvgIpc) is 2.40. The van der Waals surface area contributed by atoms with Crippen molar-refractivity contribution in [3.05, 3.63) is 67.6 Å². The second-order valence-corrected chi connectivity index (χ2v) is 5.91. The maximum atomic E-state index is 14.1.